The van der Waals surface area contributed by atoms with Crippen molar-refractivity contribution in [3.63, 3.8) is 0 Å². The normalized spacial score (nSPS) is 11.1. The van der Waals surface area contributed by atoms with Crippen LogP contribution in [0.5, 0.6) is 0 Å². The molecule has 0 aliphatic carbocycles. The third-order valence-electron chi connectivity index (χ3n) is 2.79. The lowest BCUT2D eigenvalue weighted by Gasteiger charge is -2.01. The number of nitrogens with one attached hydrogen (secondary N) is 1. The number of nitrogens with two attached hydrogens (primary N) is 1. The predicted molar refractivity (Wildman–Crippen MR) is 70.9 cm³/mol. The first-order valence-electron chi connectivity index (χ1n) is 5.45. The second-order valence-corrected chi connectivity index (χ2v) is 4.49. The van der Waals surface area contributed by atoms with Crippen LogP contribution in [0.25, 0.3) is 22.4 Å². The first-order valence-corrected chi connectivity index (χ1v) is 5.83. The predicted octanol–water partition coefficient (Wildman–Crippen LogP) is 3.74. The van der Waals surface area contributed by atoms with Crippen molar-refractivity contribution in [2.45, 2.75) is 0 Å². The molecule has 3 nitrogen and oxygen atoms in total. The van der Waals surface area contributed by atoms with Gasteiger partial charge in [0.2, 0.25) is 0 Å². The second-order valence-electron chi connectivity index (χ2n) is 4.08. The number of aromatic amines is 1. The van der Waals surface area contributed by atoms with E-state index < -0.39 is 11.6 Å². The highest BCUT2D eigenvalue weighted by atomic mass is 35.5. The van der Waals surface area contributed by atoms with E-state index in [2.05, 4.69) is 9.97 Å². The summed E-state index contributed by atoms with van der Waals surface area (Å²) in [5.74, 6) is -1.58. The molecule has 19 heavy (non-hydrogen) atoms. The van der Waals surface area contributed by atoms with E-state index in [4.69, 9.17) is 17.3 Å². The molecule has 0 aliphatic heterocycles. The van der Waals surface area contributed by atoms with Crippen LogP contribution in [0.4, 0.5) is 14.5 Å². The molecule has 3 aromatic rings. The molecular weight excluding hydrogens is 272 g/mol. The molecule has 0 bridgehead atoms. The number of hydrogen-bond donors (Lipinski definition) is 2. The zero-order chi connectivity index (χ0) is 13.6. The van der Waals surface area contributed by atoms with Crippen molar-refractivity contribution in [3.8, 4) is 11.4 Å². The molecule has 1 aromatic heterocycles. The van der Waals surface area contributed by atoms with Gasteiger partial charge in [0, 0.05) is 11.3 Å². The summed E-state index contributed by atoms with van der Waals surface area (Å²) in [7, 11) is 0. The molecule has 1 heterocycles. The lowest BCUT2D eigenvalue weighted by atomic mass is 10.2. The molecular formula is C13H8ClF2N3. The van der Waals surface area contributed by atoms with Crippen molar-refractivity contribution in [1.29, 1.82) is 0 Å². The van der Waals surface area contributed by atoms with Crippen molar-refractivity contribution in [2.75, 3.05) is 5.73 Å². The fourth-order valence-corrected chi connectivity index (χ4v) is 2.08. The maximum absolute atomic E-state index is 13.6. The minimum atomic E-state index is -0.986. The van der Waals surface area contributed by atoms with Gasteiger partial charge in [-0.05, 0) is 30.3 Å². The van der Waals surface area contributed by atoms with Gasteiger partial charge in [-0.3, -0.25) is 0 Å². The van der Waals surface area contributed by atoms with Crippen LogP contribution < -0.4 is 5.73 Å². The van der Waals surface area contributed by atoms with E-state index in [1.165, 1.54) is 6.07 Å². The number of nitrogens with zero attached hydrogens (tertiary/aromatic N) is 1. The number of nitrogen functional groups attached to an aromatic ring is 1. The Morgan fingerprint density at radius 2 is 1.95 bits per heavy atom. The van der Waals surface area contributed by atoms with Crippen molar-refractivity contribution in [3.05, 3.63) is 47.0 Å². The summed E-state index contributed by atoms with van der Waals surface area (Å²) >= 11 is 6.05. The first kappa shape index (κ1) is 11.9. The average molecular weight is 280 g/mol. The minimum Gasteiger partial charge on any atom is -0.399 e. The van der Waals surface area contributed by atoms with Crippen molar-refractivity contribution in [2.24, 2.45) is 0 Å². The lowest BCUT2D eigenvalue weighted by Crippen LogP contribution is -1.88. The molecule has 0 radical (unpaired) electrons. The average Bonchev–Trinajstić information content (AvgIpc) is 2.81. The zero-order valence-corrected chi connectivity index (χ0v) is 10.3. The molecule has 0 unspecified atom stereocenters. The van der Waals surface area contributed by atoms with E-state index in [0.717, 1.165) is 6.07 Å². The van der Waals surface area contributed by atoms with Crippen LogP contribution in [0.1, 0.15) is 0 Å². The maximum Gasteiger partial charge on any atom is 0.186 e. The van der Waals surface area contributed by atoms with E-state index in [1.54, 1.807) is 18.2 Å². The highest BCUT2D eigenvalue weighted by molar-refractivity contribution is 6.33. The van der Waals surface area contributed by atoms with Crippen molar-refractivity contribution in [1.82, 2.24) is 9.97 Å². The Morgan fingerprint density at radius 3 is 2.74 bits per heavy atom. The highest BCUT2D eigenvalue weighted by Crippen LogP contribution is 2.30. The minimum absolute atomic E-state index is 0.0616. The van der Waals surface area contributed by atoms with Gasteiger partial charge >= 0.3 is 0 Å². The van der Waals surface area contributed by atoms with Crippen LogP contribution in [0.15, 0.2) is 30.3 Å². The Balaban J connectivity index is 2.26. The number of fused-ring (bicyclic) bond motifs is 1. The first-order chi connectivity index (χ1) is 9.06. The summed E-state index contributed by atoms with van der Waals surface area (Å²) in [5, 5.41) is 0.425. The Morgan fingerprint density at radius 1 is 1.16 bits per heavy atom. The van der Waals surface area contributed by atoms with E-state index in [0.29, 0.717) is 27.6 Å². The number of benzene rings is 2. The molecule has 3 N–H and O–H groups in total. The van der Waals surface area contributed by atoms with E-state index in [1.807, 2.05) is 0 Å². The third kappa shape index (κ3) is 1.92. The Labute approximate surface area is 112 Å². The largest absolute Gasteiger partial charge is 0.399 e. The monoisotopic (exact) mass is 279 g/mol. The fourth-order valence-electron chi connectivity index (χ4n) is 1.87. The number of halogens is 3. The fraction of sp³-hybridized carbons (Fsp3) is 0. The molecule has 96 valence electrons. The SMILES string of the molecule is Nc1ccc(Cl)c(-c2nc3c(F)c(F)ccc3[nH]2)c1. The molecule has 0 spiro atoms. The summed E-state index contributed by atoms with van der Waals surface area (Å²) in [4.78, 5) is 6.92. The van der Waals surface area contributed by atoms with Crippen LogP contribution in [-0.2, 0) is 0 Å². The smallest absolute Gasteiger partial charge is 0.186 e. The summed E-state index contributed by atoms with van der Waals surface area (Å²) < 4.78 is 26.7. The molecule has 6 heteroatoms. The highest BCUT2D eigenvalue weighted by Gasteiger charge is 2.14. The molecule has 2 aromatic carbocycles. The molecule has 0 saturated heterocycles. The van der Waals surface area contributed by atoms with Crippen molar-refractivity contribution >= 4 is 28.3 Å². The molecule has 3 rings (SSSR count). The third-order valence-corrected chi connectivity index (χ3v) is 3.12. The van der Waals surface area contributed by atoms with E-state index in [9.17, 15) is 8.78 Å². The number of hydrogen-bond acceptors (Lipinski definition) is 2. The maximum atomic E-state index is 13.6. The van der Waals surface area contributed by atoms with E-state index in [-0.39, 0.29) is 5.52 Å². The molecule has 0 amide bonds. The van der Waals surface area contributed by atoms with Gasteiger partial charge < -0.3 is 10.7 Å². The van der Waals surface area contributed by atoms with Gasteiger partial charge in [0.1, 0.15) is 11.3 Å². The Hall–Kier alpha value is -2.14. The summed E-state index contributed by atoms with van der Waals surface area (Å²) in [6.07, 6.45) is 0. The quantitative estimate of drug-likeness (QED) is 0.667. The number of imidazole rings is 1. The van der Waals surface area contributed by atoms with Gasteiger partial charge in [0.05, 0.1) is 10.5 Å². The van der Waals surface area contributed by atoms with Crippen LogP contribution in [0, 0.1) is 11.6 Å². The second kappa shape index (κ2) is 4.20. The van der Waals surface area contributed by atoms with Crippen molar-refractivity contribution < 1.29 is 8.78 Å². The topological polar surface area (TPSA) is 54.7 Å². The molecule has 0 saturated carbocycles. The van der Waals surface area contributed by atoms with Crippen LogP contribution >= 0.6 is 11.6 Å². The van der Waals surface area contributed by atoms with Gasteiger partial charge in [0.15, 0.2) is 11.6 Å². The summed E-state index contributed by atoms with van der Waals surface area (Å²) in [6.45, 7) is 0. The zero-order valence-electron chi connectivity index (χ0n) is 9.55. The molecule has 0 aliphatic rings. The standard InChI is InChI=1S/C13H8ClF2N3/c14-8-2-1-6(17)5-7(8)13-18-10-4-3-9(15)11(16)12(10)19-13/h1-5H,17H2,(H,18,19). The Bertz CT molecular complexity index is 783. The van der Waals surface area contributed by atoms with Crippen LogP contribution in [0.2, 0.25) is 5.02 Å². The summed E-state index contributed by atoms with van der Waals surface area (Å²) in [5.41, 5.74) is 7.06. The van der Waals surface area contributed by atoms with Crippen LogP contribution in [0.3, 0.4) is 0 Å². The van der Waals surface area contributed by atoms with Gasteiger partial charge in [-0.1, -0.05) is 11.6 Å². The number of rotatable bonds is 1. The van der Waals surface area contributed by atoms with Gasteiger partial charge in [-0.15, -0.1) is 0 Å². The lowest BCUT2D eigenvalue weighted by molar-refractivity contribution is 0.515. The van der Waals surface area contributed by atoms with E-state index >= 15 is 0 Å². The number of aromatic nitrogens is 2. The Kier molecular flexibility index (Phi) is 2.64. The van der Waals surface area contributed by atoms with Gasteiger partial charge in [-0.2, -0.15) is 0 Å². The molecule has 0 atom stereocenters. The molecule has 0 fully saturated rings. The van der Waals surface area contributed by atoms with Gasteiger partial charge in [-0.25, -0.2) is 13.8 Å². The van der Waals surface area contributed by atoms with Gasteiger partial charge in [0.25, 0.3) is 0 Å². The van der Waals surface area contributed by atoms with Crippen LogP contribution in [-0.4, -0.2) is 9.97 Å². The number of anilines is 1. The summed E-state index contributed by atoms with van der Waals surface area (Å²) in [6, 6.07) is 7.35. The number of H-pyrrole nitrogens is 1.